The highest BCUT2D eigenvalue weighted by molar-refractivity contribution is 9.10. The van der Waals surface area contributed by atoms with Crippen LogP contribution >= 0.6 is 15.9 Å². The van der Waals surface area contributed by atoms with Gasteiger partial charge in [0, 0.05) is 4.47 Å². The molecule has 0 saturated carbocycles. The molecule has 0 atom stereocenters. The molecule has 0 aliphatic heterocycles. The minimum atomic E-state index is -3.53. The Bertz CT molecular complexity index is 534. The number of sulfone groups is 1. The van der Waals surface area contributed by atoms with Gasteiger partial charge in [-0.25, -0.2) is 13.2 Å². The third-order valence-electron chi connectivity index (χ3n) is 1.85. The van der Waals surface area contributed by atoms with E-state index in [1.165, 1.54) is 18.2 Å². The molecule has 0 bridgehead atoms. The first-order chi connectivity index (χ1) is 7.38. The number of benzene rings is 1. The molecule has 1 N–H and O–H groups in total. The number of hydrogen-bond acceptors (Lipinski definition) is 3. The monoisotopic (exact) mass is 304 g/mol. The molecule has 0 saturated heterocycles. The van der Waals surface area contributed by atoms with Crippen LogP contribution in [0.4, 0.5) is 0 Å². The first-order valence-electron chi connectivity index (χ1n) is 4.25. The molecule has 1 aromatic rings. The highest BCUT2D eigenvalue weighted by Gasteiger charge is 2.18. The lowest BCUT2D eigenvalue weighted by molar-refractivity contribution is 0.0696. The van der Waals surface area contributed by atoms with E-state index in [0.717, 1.165) is 6.07 Å². The van der Waals surface area contributed by atoms with Gasteiger partial charge >= 0.3 is 5.97 Å². The van der Waals surface area contributed by atoms with Gasteiger partial charge in [0.05, 0.1) is 16.2 Å². The van der Waals surface area contributed by atoms with E-state index in [2.05, 4.69) is 22.5 Å². The summed E-state index contributed by atoms with van der Waals surface area (Å²) in [5, 5.41) is 8.77. The van der Waals surface area contributed by atoms with Crippen molar-refractivity contribution in [2.75, 3.05) is 5.75 Å². The van der Waals surface area contributed by atoms with Gasteiger partial charge in [0.15, 0.2) is 9.84 Å². The summed E-state index contributed by atoms with van der Waals surface area (Å²) in [5.74, 6) is -1.39. The van der Waals surface area contributed by atoms with Crippen LogP contribution in [0.5, 0.6) is 0 Å². The van der Waals surface area contributed by atoms with Crippen molar-refractivity contribution in [3.8, 4) is 0 Å². The van der Waals surface area contributed by atoms with Crippen LogP contribution in [0, 0.1) is 0 Å². The minimum absolute atomic E-state index is 0.0349. The van der Waals surface area contributed by atoms with Crippen LogP contribution < -0.4 is 0 Å². The number of aromatic carboxylic acids is 1. The summed E-state index contributed by atoms with van der Waals surface area (Å²) in [4.78, 5) is 10.7. The third kappa shape index (κ3) is 2.70. The van der Waals surface area contributed by atoms with E-state index < -0.39 is 15.8 Å². The van der Waals surface area contributed by atoms with Crippen molar-refractivity contribution < 1.29 is 18.3 Å². The lowest BCUT2D eigenvalue weighted by atomic mass is 10.2. The van der Waals surface area contributed by atoms with Crippen LogP contribution in [0.3, 0.4) is 0 Å². The van der Waals surface area contributed by atoms with Crippen molar-refractivity contribution >= 4 is 31.7 Å². The lowest BCUT2D eigenvalue weighted by Gasteiger charge is -2.05. The van der Waals surface area contributed by atoms with E-state index >= 15 is 0 Å². The molecule has 6 heteroatoms. The first kappa shape index (κ1) is 12.9. The van der Waals surface area contributed by atoms with Gasteiger partial charge in [-0.15, -0.1) is 6.58 Å². The third-order valence-corrected chi connectivity index (χ3v) is 4.49. The largest absolute Gasteiger partial charge is 0.478 e. The molecule has 0 unspecified atom stereocenters. The van der Waals surface area contributed by atoms with Crippen molar-refractivity contribution in [3.63, 3.8) is 0 Å². The zero-order chi connectivity index (χ0) is 12.3. The van der Waals surface area contributed by atoms with Crippen LogP contribution in [0.25, 0.3) is 0 Å². The summed E-state index contributed by atoms with van der Waals surface area (Å²) in [6, 6.07) is 3.87. The standard InChI is InChI=1S/C10H9BrO4S/c1-2-5-16(14,15)9-6-7(10(12)13)3-4-8(9)11/h2-4,6H,1,5H2,(H,12,13). The van der Waals surface area contributed by atoms with E-state index in [1.54, 1.807) is 0 Å². The normalized spacial score (nSPS) is 11.1. The Morgan fingerprint density at radius 2 is 2.12 bits per heavy atom. The molecule has 1 rings (SSSR count). The first-order valence-corrected chi connectivity index (χ1v) is 6.69. The van der Waals surface area contributed by atoms with Crippen LogP contribution in [0.15, 0.2) is 40.2 Å². The molecule has 1 aromatic carbocycles. The quantitative estimate of drug-likeness (QED) is 0.865. The summed E-state index contributed by atoms with van der Waals surface area (Å²) >= 11 is 3.08. The molecule has 0 heterocycles. The Kier molecular flexibility index (Phi) is 3.88. The lowest BCUT2D eigenvalue weighted by Crippen LogP contribution is -2.07. The molecule has 0 aromatic heterocycles. The maximum absolute atomic E-state index is 11.7. The zero-order valence-corrected chi connectivity index (χ0v) is 10.6. The number of carboxylic acids is 1. The van der Waals surface area contributed by atoms with Crippen molar-refractivity contribution in [2.45, 2.75) is 4.90 Å². The molecule has 0 fully saturated rings. The Balaban J connectivity index is 3.38. The second-order valence-corrected chi connectivity index (χ2v) is 5.88. The SMILES string of the molecule is C=CCS(=O)(=O)c1cc(C(=O)O)ccc1Br. The molecule has 0 radical (unpaired) electrons. The van der Waals surface area contributed by atoms with Gasteiger partial charge in [-0.05, 0) is 34.1 Å². The fourth-order valence-corrected chi connectivity index (χ4v) is 3.27. The highest BCUT2D eigenvalue weighted by atomic mass is 79.9. The zero-order valence-electron chi connectivity index (χ0n) is 8.18. The minimum Gasteiger partial charge on any atom is -0.478 e. The Labute approximate surface area is 102 Å². The molecule has 0 spiro atoms. The number of rotatable bonds is 4. The van der Waals surface area contributed by atoms with Gasteiger partial charge in [-0.3, -0.25) is 0 Å². The van der Waals surface area contributed by atoms with Crippen LogP contribution in [0.1, 0.15) is 10.4 Å². The van der Waals surface area contributed by atoms with E-state index in [9.17, 15) is 13.2 Å². The number of hydrogen-bond donors (Lipinski definition) is 1. The van der Waals surface area contributed by atoms with Crippen LogP contribution in [-0.2, 0) is 9.84 Å². The molecule has 16 heavy (non-hydrogen) atoms. The van der Waals surface area contributed by atoms with Crippen LogP contribution in [0.2, 0.25) is 0 Å². The molecule has 0 aliphatic carbocycles. The van der Waals surface area contributed by atoms with E-state index in [4.69, 9.17) is 5.11 Å². The second kappa shape index (κ2) is 4.80. The summed E-state index contributed by atoms with van der Waals surface area (Å²) < 4.78 is 23.8. The average Bonchev–Trinajstić information content (AvgIpc) is 2.17. The Hall–Kier alpha value is -1.14. The van der Waals surface area contributed by atoms with Gasteiger partial charge in [0.2, 0.25) is 0 Å². The van der Waals surface area contributed by atoms with Crippen molar-refractivity contribution in [1.29, 1.82) is 0 Å². The topological polar surface area (TPSA) is 71.4 Å². The summed E-state index contributed by atoms with van der Waals surface area (Å²) in [6.07, 6.45) is 1.26. The van der Waals surface area contributed by atoms with Gasteiger partial charge < -0.3 is 5.11 Å². The summed E-state index contributed by atoms with van der Waals surface area (Å²) in [5.41, 5.74) is -0.0640. The van der Waals surface area contributed by atoms with Gasteiger partial charge in [0.1, 0.15) is 0 Å². The fourth-order valence-electron chi connectivity index (χ4n) is 1.12. The maximum Gasteiger partial charge on any atom is 0.335 e. The molecule has 86 valence electrons. The molecule has 4 nitrogen and oxygen atoms in total. The molecular formula is C10H9BrO4S. The van der Waals surface area contributed by atoms with E-state index in [-0.39, 0.29) is 16.2 Å². The smallest absolute Gasteiger partial charge is 0.335 e. The van der Waals surface area contributed by atoms with Crippen molar-refractivity contribution in [1.82, 2.24) is 0 Å². The predicted molar refractivity (Wildman–Crippen MR) is 63.4 cm³/mol. The van der Waals surface area contributed by atoms with E-state index in [0.29, 0.717) is 4.47 Å². The summed E-state index contributed by atoms with van der Waals surface area (Å²) in [7, 11) is -3.53. The Morgan fingerprint density at radius 1 is 1.50 bits per heavy atom. The molecule has 0 aliphatic rings. The van der Waals surface area contributed by atoms with Crippen molar-refractivity contribution in [3.05, 3.63) is 40.9 Å². The van der Waals surface area contributed by atoms with Gasteiger partial charge in [-0.2, -0.15) is 0 Å². The second-order valence-electron chi connectivity index (χ2n) is 3.02. The maximum atomic E-state index is 11.7. The number of carboxylic acid groups (broad SMARTS) is 1. The van der Waals surface area contributed by atoms with Crippen LogP contribution in [-0.4, -0.2) is 25.2 Å². The fraction of sp³-hybridized carbons (Fsp3) is 0.100. The average molecular weight is 305 g/mol. The highest BCUT2D eigenvalue weighted by Crippen LogP contribution is 2.24. The summed E-state index contributed by atoms with van der Waals surface area (Å²) in [6.45, 7) is 3.35. The van der Waals surface area contributed by atoms with E-state index in [1.807, 2.05) is 0 Å². The predicted octanol–water partition coefficient (Wildman–Crippen LogP) is 2.11. The number of carbonyl (C=O) groups is 1. The Morgan fingerprint density at radius 3 is 2.62 bits per heavy atom. The van der Waals surface area contributed by atoms with Gasteiger partial charge in [-0.1, -0.05) is 6.08 Å². The molecular weight excluding hydrogens is 296 g/mol. The number of halogens is 1. The van der Waals surface area contributed by atoms with Crippen molar-refractivity contribution in [2.24, 2.45) is 0 Å². The van der Waals surface area contributed by atoms with Gasteiger partial charge in [0.25, 0.3) is 0 Å². The molecule has 0 amide bonds.